The number of anilines is 3. The molecule has 0 aromatic heterocycles. The Kier molecular flexibility index (Phi) is 6.87. The summed E-state index contributed by atoms with van der Waals surface area (Å²) >= 11 is 6.06. The predicted octanol–water partition coefficient (Wildman–Crippen LogP) is 2.71. The first-order valence-electron chi connectivity index (χ1n) is 8.09. The molecule has 2 rings (SSSR count). The molecule has 150 valence electrons. The number of ether oxygens (including phenoxy) is 1. The van der Waals surface area contributed by atoms with Crippen LogP contribution in [-0.2, 0) is 19.6 Å². The molecule has 2 N–H and O–H groups in total. The summed E-state index contributed by atoms with van der Waals surface area (Å²) in [4.78, 5) is 23.4. The second-order valence-corrected chi connectivity index (χ2v) is 8.21. The third-order valence-electron chi connectivity index (χ3n) is 3.60. The summed E-state index contributed by atoms with van der Waals surface area (Å²) in [6, 6.07) is 10.9. The Bertz CT molecular complexity index is 977. The van der Waals surface area contributed by atoms with Gasteiger partial charge in [0.15, 0.2) is 0 Å². The van der Waals surface area contributed by atoms with Crippen LogP contribution in [0.5, 0.6) is 5.75 Å². The number of sulfonamides is 1. The minimum absolute atomic E-state index is 0.210. The van der Waals surface area contributed by atoms with E-state index in [0.29, 0.717) is 17.1 Å². The van der Waals surface area contributed by atoms with Crippen molar-refractivity contribution in [3.05, 3.63) is 47.5 Å². The molecule has 2 aromatic rings. The van der Waals surface area contributed by atoms with Gasteiger partial charge >= 0.3 is 0 Å². The highest BCUT2D eigenvalue weighted by atomic mass is 35.5. The maximum atomic E-state index is 12.4. The van der Waals surface area contributed by atoms with E-state index in [9.17, 15) is 18.0 Å². The zero-order valence-corrected chi connectivity index (χ0v) is 17.1. The van der Waals surface area contributed by atoms with E-state index >= 15 is 0 Å². The molecule has 0 saturated heterocycles. The quantitative estimate of drug-likeness (QED) is 0.709. The summed E-state index contributed by atoms with van der Waals surface area (Å²) in [6.07, 6.45) is 1.00. The van der Waals surface area contributed by atoms with Gasteiger partial charge in [-0.05, 0) is 42.5 Å². The number of benzene rings is 2. The van der Waals surface area contributed by atoms with Gasteiger partial charge in [-0.15, -0.1) is 0 Å². The van der Waals surface area contributed by atoms with Crippen molar-refractivity contribution < 1.29 is 22.7 Å². The predicted molar refractivity (Wildman–Crippen MR) is 110 cm³/mol. The first-order valence-corrected chi connectivity index (χ1v) is 10.3. The summed E-state index contributed by atoms with van der Waals surface area (Å²) < 4.78 is 30.3. The minimum Gasteiger partial charge on any atom is -0.495 e. The molecule has 0 aliphatic carbocycles. The Morgan fingerprint density at radius 1 is 1.07 bits per heavy atom. The third-order valence-corrected chi connectivity index (χ3v) is 5.04. The minimum atomic E-state index is -3.74. The van der Waals surface area contributed by atoms with Gasteiger partial charge in [-0.2, -0.15) is 0 Å². The number of carbonyl (C=O) groups excluding carboxylic acids is 2. The summed E-state index contributed by atoms with van der Waals surface area (Å²) in [5, 5.41) is 5.45. The van der Waals surface area contributed by atoms with Crippen molar-refractivity contribution in [2.45, 2.75) is 6.92 Å². The molecule has 0 aliphatic rings. The van der Waals surface area contributed by atoms with E-state index in [-0.39, 0.29) is 16.6 Å². The van der Waals surface area contributed by atoms with Crippen LogP contribution in [0, 0.1) is 0 Å². The molecule has 0 atom stereocenters. The lowest BCUT2D eigenvalue weighted by atomic mass is 10.2. The first kappa shape index (κ1) is 21.5. The fourth-order valence-electron chi connectivity index (χ4n) is 2.38. The lowest BCUT2D eigenvalue weighted by molar-refractivity contribution is -0.115. The van der Waals surface area contributed by atoms with Crippen molar-refractivity contribution in [3.8, 4) is 5.75 Å². The largest absolute Gasteiger partial charge is 0.495 e. The zero-order valence-electron chi connectivity index (χ0n) is 15.5. The smallest absolute Gasteiger partial charge is 0.245 e. The van der Waals surface area contributed by atoms with Crippen LogP contribution >= 0.6 is 11.6 Å². The maximum absolute atomic E-state index is 12.4. The lowest BCUT2D eigenvalue weighted by Gasteiger charge is -2.22. The molecular weight excluding hydrogens is 406 g/mol. The fourth-order valence-corrected chi connectivity index (χ4v) is 3.48. The third kappa shape index (κ3) is 5.86. The number of carbonyl (C=O) groups is 2. The number of amides is 2. The number of nitrogens with one attached hydrogen (secondary N) is 2. The van der Waals surface area contributed by atoms with E-state index < -0.39 is 22.5 Å². The average molecular weight is 426 g/mol. The second-order valence-electron chi connectivity index (χ2n) is 5.90. The van der Waals surface area contributed by atoms with E-state index in [1.807, 2.05) is 0 Å². The number of hydrogen-bond donors (Lipinski definition) is 2. The van der Waals surface area contributed by atoms with Crippen LogP contribution in [0.1, 0.15) is 6.92 Å². The number of rotatable bonds is 7. The summed E-state index contributed by atoms with van der Waals surface area (Å²) in [5.41, 5.74) is 1.28. The van der Waals surface area contributed by atoms with Gasteiger partial charge in [-0.3, -0.25) is 13.9 Å². The second kappa shape index (κ2) is 8.94. The zero-order chi connectivity index (χ0) is 20.9. The number of methoxy groups -OCH3 is 1. The van der Waals surface area contributed by atoms with Gasteiger partial charge in [-0.1, -0.05) is 11.6 Å². The highest BCUT2D eigenvalue weighted by Crippen LogP contribution is 2.30. The molecule has 0 bridgehead atoms. The van der Waals surface area contributed by atoms with E-state index in [2.05, 4.69) is 10.6 Å². The molecule has 0 unspecified atom stereocenters. The molecule has 0 aliphatic heterocycles. The molecule has 0 spiro atoms. The van der Waals surface area contributed by atoms with E-state index in [0.717, 1.165) is 10.6 Å². The molecule has 0 saturated carbocycles. The molecule has 2 amide bonds. The normalized spacial score (nSPS) is 10.9. The van der Waals surface area contributed by atoms with Crippen LogP contribution in [0.2, 0.25) is 5.02 Å². The molecule has 28 heavy (non-hydrogen) atoms. The highest BCUT2D eigenvalue weighted by Gasteiger charge is 2.22. The van der Waals surface area contributed by atoms with Crippen LogP contribution in [0.4, 0.5) is 17.1 Å². The maximum Gasteiger partial charge on any atom is 0.245 e. The van der Waals surface area contributed by atoms with Gasteiger partial charge in [0.05, 0.1) is 24.1 Å². The first-order chi connectivity index (χ1) is 13.1. The lowest BCUT2D eigenvalue weighted by Crippen LogP contribution is -2.37. The van der Waals surface area contributed by atoms with Gasteiger partial charge in [0.1, 0.15) is 12.3 Å². The van der Waals surface area contributed by atoms with Crippen LogP contribution < -0.4 is 19.7 Å². The number of hydrogen-bond acceptors (Lipinski definition) is 5. The van der Waals surface area contributed by atoms with Gasteiger partial charge in [-0.25, -0.2) is 8.42 Å². The number of nitrogens with zero attached hydrogens (tertiary/aromatic N) is 1. The summed E-state index contributed by atoms with van der Waals surface area (Å²) in [6.45, 7) is 0.954. The average Bonchev–Trinajstić information content (AvgIpc) is 2.60. The van der Waals surface area contributed by atoms with E-state index in [1.54, 1.807) is 24.3 Å². The monoisotopic (exact) mass is 425 g/mol. The summed E-state index contributed by atoms with van der Waals surface area (Å²) in [7, 11) is -2.29. The molecule has 0 radical (unpaired) electrons. The Labute approximate surface area is 168 Å². The number of halogens is 1. The van der Waals surface area contributed by atoms with Crippen molar-refractivity contribution in [2.24, 2.45) is 0 Å². The van der Waals surface area contributed by atoms with Crippen LogP contribution in [0.25, 0.3) is 0 Å². The topological polar surface area (TPSA) is 105 Å². The van der Waals surface area contributed by atoms with Gasteiger partial charge in [0, 0.05) is 18.3 Å². The Morgan fingerprint density at radius 2 is 1.64 bits per heavy atom. The Balaban J connectivity index is 2.15. The fraction of sp³-hybridized carbons (Fsp3) is 0.222. The van der Waals surface area contributed by atoms with Gasteiger partial charge in [0.2, 0.25) is 21.8 Å². The Hall–Kier alpha value is -2.78. The SMILES string of the molecule is COc1ccc(N(CC(=O)Nc2ccc(NC(C)=O)cc2)S(C)(=O)=O)cc1Cl. The van der Waals surface area contributed by atoms with E-state index in [1.165, 1.54) is 32.2 Å². The van der Waals surface area contributed by atoms with E-state index in [4.69, 9.17) is 16.3 Å². The summed E-state index contributed by atoms with van der Waals surface area (Å²) in [5.74, 6) is -0.356. The molecular formula is C18H20ClN3O5S. The van der Waals surface area contributed by atoms with Crippen molar-refractivity contribution in [3.63, 3.8) is 0 Å². The standard InChI is InChI=1S/C18H20ClN3O5S/c1-12(23)20-13-4-6-14(7-5-13)21-18(24)11-22(28(3,25)26)15-8-9-17(27-2)16(19)10-15/h4-10H,11H2,1-3H3,(H,20,23)(H,21,24). The van der Waals surface area contributed by atoms with Gasteiger partial charge in [0.25, 0.3) is 0 Å². The van der Waals surface area contributed by atoms with Crippen LogP contribution in [0.3, 0.4) is 0 Å². The molecule has 10 heteroatoms. The van der Waals surface area contributed by atoms with Crippen LogP contribution in [0.15, 0.2) is 42.5 Å². The molecule has 2 aromatic carbocycles. The molecule has 0 heterocycles. The van der Waals surface area contributed by atoms with Crippen molar-refractivity contribution >= 4 is 50.5 Å². The van der Waals surface area contributed by atoms with Crippen molar-refractivity contribution in [1.82, 2.24) is 0 Å². The van der Waals surface area contributed by atoms with Crippen molar-refractivity contribution in [1.29, 1.82) is 0 Å². The molecule has 8 nitrogen and oxygen atoms in total. The van der Waals surface area contributed by atoms with Crippen molar-refractivity contribution in [2.75, 3.05) is 34.8 Å². The van der Waals surface area contributed by atoms with Crippen LogP contribution in [-0.4, -0.2) is 40.1 Å². The van der Waals surface area contributed by atoms with Gasteiger partial charge < -0.3 is 15.4 Å². The molecule has 0 fully saturated rings. The Morgan fingerprint density at radius 3 is 2.11 bits per heavy atom. The highest BCUT2D eigenvalue weighted by molar-refractivity contribution is 7.92.